The van der Waals surface area contributed by atoms with E-state index in [9.17, 15) is 12.8 Å². The second-order valence-corrected chi connectivity index (χ2v) is 7.29. The zero-order valence-electron chi connectivity index (χ0n) is 11.2. The van der Waals surface area contributed by atoms with Crippen molar-refractivity contribution in [3.05, 3.63) is 70.0 Å². The summed E-state index contributed by atoms with van der Waals surface area (Å²) in [6, 6.07) is 10.9. The zero-order chi connectivity index (χ0) is 15.5. The summed E-state index contributed by atoms with van der Waals surface area (Å²) < 4.78 is 38.1. The third-order valence-electron chi connectivity index (χ3n) is 3.03. The Morgan fingerprint density at radius 1 is 1.00 bits per heavy atom. The fraction of sp³-hybridized carbons (Fsp3) is 0.200. The summed E-state index contributed by atoms with van der Waals surface area (Å²) >= 11 is 5.75. The smallest absolute Gasteiger partial charge is 0.158 e. The molecule has 2 aromatic rings. The van der Waals surface area contributed by atoms with Gasteiger partial charge in [0.15, 0.2) is 9.84 Å². The lowest BCUT2D eigenvalue weighted by Gasteiger charge is -2.07. The molecule has 0 saturated heterocycles. The van der Waals surface area contributed by atoms with Gasteiger partial charge in [0.05, 0.1) is 11.5 Å². The number of hydrogen-bond donors (Lipinski definition) is 1. The summed E-state index contributed by atoms with van der Waals surface area (Å²) in [7, 11) is -3.46. The second kappa shape index (κ2) is 6.56. The van der Waals surface area contributed by atoms with Gasteiger partial charge in [-0.15, -0.1) is 0 Å². The molecule has 2 rings (SSSR count). The molecule has 0 aliphatic carbocycles. The van der Waals surface area contributed by atoms with Crippen LogP contribution < -0.4 is 5.73 Å². The highest BCUT2D eigenvalue weighted by molar-refractivity contribution is 7.89. The lowest BCUT2D eigenvalue weighted by molar-refractivity contribution is 0.586. The maximum atomic E-state index is 13.8. The SMILES string of the molecule is NCc1ccc(CS(=O)(=O)Cc2ccc(Cl)cc2)c(F)c1. The Kier molecular flexibility index (Phi) is 4.98. The van der Waals surface area contributed by atoms with E-state index in [1.54, 1.807) is 30.3 Å². The summed E-state index contributed by atoms with van der Waals surface area (Å²) in [6.45, 7) is 0.217. The molecule has 0 bridgehead atoms. The number of halogens is 2. The molecular formula is C15H15ClFNO2S. The number of benzene rings is 2. The number of nitrogens with two attached hydrogens (primary N) is 1. The van der Waals surface area contributed by atoms with Gasteiger partial charge >= 0.3 is 0 Å². The molecule has 112 valence electrons. The molecule has 0 saturated carbocycles. The van der Waals surface area contributed by atoms with Gasteiger partial charge in [0.2, 0.25) is 0 Å². The normalized spacial score (nSPS) is 11.6. The van der Waals surface area contributed by atoms with Gasteiger partial charge in [0, 0.05) is 17.1 Å². The van der Waals surface area contributed by atoms with Crippen LogP contribution >= 0.6 is 11.6 Å². The van der Waals surface area contributed by atoms with Gasteiger partial charge in [0.1, 0.15) is 5.82 Å². The van der Waals surface area contributed by atoms with Crippen molar-refractivity contribution in [2.24, 2.45) is 5.73 Å². The standard InChI is InChI=1S/C15H15ClFNO2S/c16-14-5-2-11(3-6-14)9-21(19,20)10-13-4-1-12(8-18)7-15(13)17/h1-7H,8-10,18H2. The summed E-state index contributed by atoms with van der Waals surface area (Å²) in [5, 5.41) is 0.541. The summed E-state index contributed by atoms with van der Waals surface area (Å²) in [4.78, 5) is 0. The van der Waals surface area contributed by atoms with Crippen molar-refractivity contribution in [1.82, 2.24) is 0 Å². The van der Waals surface area contributed by atoms with E-state index < -0.39 is 15.7 Å². The highest BCUT2D eigenvalue weighted by Crippen LogP contribution is 2.18. The van der Waals surface area contributed by atoms with Crippen LogP contribution in [0.5, 0.6) is 0 Å². The third kappa shape index (κ3) is 4.52. The van der Waals surface area contributed by atoms with Crippen LogP contribution in [0.1, 0.15) is 16.7 Å². The van der Waals surface area contributed by atoms with Gasteiger partial charge in [-0.2, -0.15) is 0 Å². The maximum absolute atomic E-state index is 13.8. The molecule has 3 nitrogen and oxygen atoms in total. The largest absolute Gasteiger partial charge is 0.326 e. The molecule has 0 amide bonds. The van der Waals surface area contributed by atoms with Crippen LogP contribution in [0.4, 0.5) is 4.39 Å². The van der Waals surface area contributed by atoms with Gasteiger partial charge in [-0.05, 0) is 29.3 Å². The molecule has 21 heavy (non-hydrogen) atoms. The molecule has 0 radical (unpaired) electrons. The van der Waals surface area contributed by atoms with Crippen molar-refractivity contribution in [2.45, 2.75) is 18.1 Å². The predicted octanol–water partition coefficient (Wildman–Crippen LogP) is 3.05. The first kappa shape index (κ1) is 15.9. The quantitative estimate of drug-likeness (QED) is 0.918. The Bertz CT molecular complexity index is 730. The van der Waals surface area contributed by atoms with Gasteiger partial charge in [0.25, 0.3) is 0 Å². The highest BCUT2D eigenvalue weighted by atomic mass is 35.5. The van der Waals surface area contributed by atoms with E-state index in [1.165, 1.54) is 12.1 Å². The molecule has 0 aliphatic heterocycles. The van der Waals surface area contributed by atoms with Crippen molar-refractivity contribution in [3.63, 3.8) is 0 Å². The molecule has 0 unspecified atom stereocenters. The lowest BCUT2D eigenvalue weighted by atomic mass is 10.1. The molecular weight excluding hydrogens is 313 g/mol. The molecule has 6 heteroatoms. The second-order valence-electron chi connectivity index (χ2n) is 4.79. The summed E-state index contributed by atoms with van der Waals surface area (Å²) in [5.41, 5.74) is 6.82. The van der Waals surface area contributed by atoms with E-state index in [2.05, 4.69) is 0 Å². The van der Waals surface area contributed by atoms with Crippen LogP contribution in [-0.2, 0) is 27.9 Å². The Hall–Kier alpha value is -1.43. The highest BCUT2D eigenvalue weighted by Gasteiger charge is 2.16. The Labute approximate surface area is 128 Å². The zero-order valence-corrected chi connectivity index (χ0v) is 12.8. The molecule has 0 spiro atoms. The van der Waals surface area contributed by atoms with Crippen molar-refractivity contribution >= 4 is 21.4 Å². The molecule has 0 fully saturated rings. The minimum absolute atomic E-state index is 0.151. The van der Waals surface area contributed by atoms with E-state index in [0.29, 0.717) is 16.1 Å². The van der Waals surface area contributed by atoms with Crippen LogP contribution in [0.2, 0.25) is 5.02 Å². The van der Waals surface area contributed by atoms with E-state index >= 15 is 0 Å². The van der Waals surface area contributed by atoms with Crippen molar-refractivity contribution in [1.29, 1.82) is 0 Å². The summed E-state index contributed by atoms with van der Waals surface area (Å²) in [6.07, 6.45) is 0. The van der Waals surface area contributed by atoms with E-state index in [-0.39, 0.29) is 23.6 Å². The fourth-order valence-electron chi connectivity index (χ4n) is 1.96. The Balaban J connectivity index is 2.15. The average Bonchev–Trinajstić information content (AvgIpc) is 2.43. The van der Waals surface area contributed by atoms with Crippen molar-refractivity contribution < 1.29 is 12.8 Å². The van der Waals surface area contributed by atoms with Gasteiger partial charge in [-0.3, -0.25) is 0 Å². The number of hydrogen-bond acceptors (Lipinski definition) is 3. The Morgan fingerprint density at radius 3 is 2.19 bits per heavy atom. The van der Waals surface area contributed by atoms with Crippen LogP contribution in [0, 0.1) is 5.82 Å². The average molecular weight is 328 g/mol. The molecule has 0 aliphatic rings. The minimum Gasteiger partial charge on any atom is -0.326 e. The van der Waals surface area contributed by atoms with Crippen LogP contribution in [0.15, 0.2) is 42.5 Å². The number of sulfone groups is 1. The fourth-order valence-corrected chi connectivity index (χ4v) is 3.59. The Morgan fingerprint density at radius 2 is 1.62 bits per heavy atom. The molecule has 2 N–H and O–H groups in total. The van der Waals surface area contributed by atoms with E-state index in [0.717, 1.165) is 0 Å². The van der Waals surface area contributed by atoms with Crippen LogP contribution in [-0.4, -0.2) is 8.42 Å². The van der Waals surface area contributed by atoms with E-state index in [4.69, 9.17) is 17.3 Å². The number of rotatable bonds is 5. The van der Waals surface area contributed by atoms with Crippen molar-refractivity contribution in [3.8, 4) is 0 Å². The third-order valence-corrected chi connectivity index (χ3v) is 4.80. The van der Waals surface area contributed by atoms with Gasteiger partial charge in [-0.1, -0.05) is 35.9 Å². The molecule has 0 aromatic heterocycles. The maximum Gasteiger partial charge on any atom is 0.158 e. The first-order chi connectivity index (χ1) is 9.89. The monoisotopic (exact) mass is 327 g/mol. The van der Waals surface area contributed by atoms with Crippen molar-refractivity contribution in [2.75, 3.05) is 0 Å². The summed E-state index contributed by atoms with van der Waals surface area (Å²) in [5.74, 6) is -1.04. The van der Waals surface area contributed by atoms with Crippen LogP contribution in [0.3, 0.4) is 0 Å². The first-order valence-electron chi connectivity index (χ1n) is 6.32. The topological polar surface area (TPSA) is 60.2 Å². The van der Waals surface area contributed by atoms with Gasteiger partial charge < -0.3 is 5.73 Å². The van der Waals surface area contributed by atoms with Gasteiger partial charge in [-0.25, -0.2) is 12.8 Å². The predicted molar refractivity (Wildman–Crippen MR) is 82.1 cm³/mol. The molecule has 2 aromatic carbocycles. The molecule has 0 heterocycles. The van der Waals surface area contributed by atoms with E-state index in [1.807, 2.05) is 0 Å². The first-order valence-corrected chi connectivity index (χ1v) is 8.52. The lowest BCUT2D eigenvalue weighted by Crippen LogP contribution is -2.09. The molecule has 0 atom stereocenters. The minimum atomic E-state index is -3.46. The van der Waals surface area contributed by atoms with Crippen LogP contribution in [0.25, 0.3) is 0 Å².